The Labute approximate surface area is 150 Å². The molecule has 0 aliphatic rings. The van der Waals surface area contributed by atoms with Gasteiger partial charge in [-0.25, -0.2) is 0 Å². The molecule has 0 fully saturated rings. The summed E-state index contributed by atoms with van der Waals surface area (Å²) in [7, 11) is 0. The Bertz CT molecular complexity index is 1050. The highest BCUT2D eigenvalue weighted by molar-refractivity contribution is 6.38. The van der Waals surface area contributed by atoms with Crippen molar-refractivity contribution in [1.82, 2.24) is 14.7 Å². The third kappa shape index (κ3) is 2.62. The van der Waals surface area contributed by atoms with Crippen LogP contribution < -0.4 is 5.73 Å². The molecule has 2 heterocycles. The van der Waals surface area contributed by atoms with Crippen molar-refractivity contribution in [2.75, 3.05) is 0 Å². The first kappa shape index (κ1) is 15.9. The lowest BCUT2D eigenvalue weighted by molar-refractivity contribution is 0.394. The standard InChI is InChI=1S/C19H17ClN4O/c1-11(21)13-7-9-14(10-8-13)24-16-6-4-3-5-15(16)17(20)18(24)19-22-12(2)25-23-19/h3-11H,21H2,1-2H3. The van der Waals surface area contributed by atoms with Crippen molar-refractivity contribution in [2.24, 2.45) is 5.73 Å². The molecule has 1 atom stereocenters. The summed E-state index contributed by atoms with van der Waals surface area (Å²) < 4.78 is 7.21. The Balaban J connectivity index is 2.01. The van der Waals surface area contributed by atoms with Gasteiger partial charge in [-0.15, -0.1) is 0 Å². The molecule has 0 saturated heterocycles. The van der Waals surface area contributed by atoms with Gasteiger partial charge < -0.3 is 14.8 Å². The number of hydrogen-bond donors (Lipinski definition) is 1. The fourth-order valence-corrected chi connectivity index (χ4v) is 3.32. The number of fused-ring (bicyclic) bond motifs is 1. The minimum absolute atomic E-state index is 0.0154. The van der Waals surface area contributed by atoms with Gasteiger partial charge in [0.25, 0.3) is 0 Å². The predicted molar refractivity (Wildman–Crippen MR) is 98.9 cm³/mol. The average molecular weight is 353 g/mol. The minimum atomic E-state index is -0.0154. The normalized spacial score (nSPS) is 12.6. The van der Waals surface area contributed by atoms with Gasteiger partial charge in [0, 0.05) is 24.0 Å². The molecule has 4 aromatic rings. The van der Waals surface area contributed by atoms with Crippen LogP contribution in [0.3, 0.4) is 0 Å². The third-order valence-corrected chi connectivity index (χ3v) is 4.61. The molecular formula is C19H17ClN4O. The van der Waals surface area contributed by atoms with E-state index in [-0.39, 0.29) is 6.04 Å². The second-order valence-corrected chi connectivity index (χ2v) is 6.41. The van der Waals surface area contributed by atoms with Gasteiger partial charge in [0.15, 0.2) is 0 Å². The Morgan fingerprint density at radius 2 is 1.84 bits per heavy atom. The van der Waals surface area contributed by atoms with Crippen LogP contribution in [0.2, 0.25) is 5.02 Å². The highest BCUT2D eigenvalue weighted by Crippen LogP contribution is 2.38. The van der Waals surface area contributed by atoms with Crippen LogP contribution in [0.4, 0.5) is 0 Å². The molecule has 4 rings (SSSR count). The van der Waals surface area contributed by atoms with Crippen molar-refractivity contribution < 1.29 is 4.52 Å². The number of aromatic nitrogens is 3. The maximum absolute atomic E-state index is 6.68. The highest BCUT2D eigenvalue weighted by Gasteiger charge is 2.22. The fourth-order valence-electron chi connectivity index (χ4n) is 2.99. The minimum Gasteiger partial charge on any atom is -0.339 e. The van der Waals surface area contributed by atoms with Crippen molar-refractivity contribution in [1.29, 1.82) is 0 Å². The van der Waals surface area contributed by atoms with E-state index in [1.54, 1.807) is 6.92 Å². The van der Waals surface area contributed by atoms with Gasteiger partial charge in [-0.3, -0.25) is 0 Å². The first-order chi connectivity index (χ1) is 12.1. The summed E-state index contributed by atoms with van der Waals surface area (Å²) in [6, 6.07) is 16.0. The molecule has 25 heavy (non-hydrogen) atoms. The number of rotatable bonds is 3. The first-order valence-corrected chi connectivity index (χ1v) is 8.39. The summed E-state index contributed by atoms with van der Waals surface area (Å²) >= 11 is 6.68. The highest BCUT2D eigenvalue weighted by atomic mass is 35.5. The topological polar surface area (TPSA) is 69.9 Å². The number of hydrogen-bond acceptors (Lipinski definition) is 4. The third-order valence-electron chi connectivity index (χ3n) is 4.23. The Hall–Kier alpha value is -2.63. The van der Waals surface area contributed by atoms with Gasteiger partial charge in [0.2, 0.25) is 11.7 Å². The first-order valence-electron chi connectivity index (χ1n) is 8.02. The smallest absolute Gasteiger partial charge is 0.223 e. The Morgan fingerprint density at radius 1 is 1.12 bits per heavy atom. The molecule has 0 amide bonds. The average Bonchev–Trinajstić information content (AvgIpc) is 3.16. The molecule has 0 saturated carbocycles. The molecule has 126 valence electrons. The van der Waals surface area contributed by atoms with E-state index in [2.05, 4.69) is 10.1 Å². The van der Waals surface area contributed by atoms with E-state index in [1.807, 2.05) is 60.0 Å². The number of aryl methyl sites for hydroxylation is 1. The van der Waals surface area contributed by atoms with Crippen LogP contribution in [0.5, 0.6) is 0 Å². The van der Waals surface area contributed by atoms with Crippen LogP contribution in [0.25, 0.3) is 28.1 Å². The zero-order valence-corrected chi connectivity index (χ0v) is 14.7. The maximum Gasteiger partial charge on any atom is 0.223 e. The largest absolute Gasteiger partial charge is 0.339 e. The SMILES string of the molecule is Cc1nc(-c2c(Cl)c3ccccc3n2-c2ccc(C(C)N)cc2)no1. The molecular weight excluding hydrogens is 336 g/mol. The fraction of sp³-hybridized carbons (Fsp3) is 0.158. The Morgan fingerprint density at radius 3 is 2.48 bits per heavy atom. The van der Waals surface area contributed by atoms with Gasteiger partial charge in [-0.2, -0.15) is 4.98 Å². The van der Waals surface area contributed by atoms with Crippen LogP contribution in [0, 0.1) is 6.92 Å². The molecule has 0 spiro atoms. The molecule has 5 nitrogen and oxygen atoms in total. The van der Waals surface area contributed by atoms with Gasteiger partial charge in [-0.1, -0.05) is 47.1 Å². The molecule has 2 aromatic heterocycles. The van der Waals surface area contributed by atoms with E-state index in [1.165, 1.54) is 0 Å². The van der Waals surface area contributed by atoms with Gasteiger partial charge in [-0.05, 0) is 30.7 Å². The molecule has 2 N–H and O–H groups in total. The van der Waals surface area contributed by atoms with E-state index in [4.69, 9.17) is 21.9 Å². The number of halogens is 1. The van der Waals surface area contributed by atoms with Crippen LogP contribution in [-0.4, -0.2) is 14.7 Å². The summed E-state index contributed by atoms with van der Waals surface area (Å²) in [6.45, 7) is 3.72. The molecule has 6 heteroatoms. The monoisotopic (exact) mass is 352 g/mol. The lowest BCUT2D eigenvalue weighted by Gasteiger charge is -2.11. The zero-order valence-electron chi connectivity index (χ0n) is 13.9. The van der Waals surface area contributed by atoms with Crippen molar-refractivity contribution >= 4 is 22.5 Å². The van der Waals surface area contributed by atoms with Gasteiger partial charge in [0.05, 0.1) is 10.5 Å². The zero-order chi connectivity index (χ0) is 17.6. The quantitative estimate of drug-likeness (QED) is 0.582. The number of benzene rings is 2. The Kier molecular flexibility index (Phi) is 3.82. The molecule has 1 unspecified atom stereocenters. The van der Waals surface area contributed by atoms with Crippen LogP contribution >= 0.6 is 11.6 Å². The van der Waals surface area contributed by atoms with E-state index in [0.717, 1.165) is 22.2 Å². The molecule has 0 radical (unpaired) electrons. The number of para-hydroxylation sites is 1. The van der Waals surface area contributed by atoms with Crippen molar-refractivity contribution in [2.45, 2.75) is 19.9 Å². The van der Waals surface area contributed by atoms with Crippen molar-refractivity contribution in [3.8, 4) is 17.2 Å². The van der Waals surface area contributed by atoms with Gasteiger partial charge >= 0.3 is 0 Å². The predicted octanol–water partition coefficient (Wildman–Crippen LogP) is 4.66. The maximum atomic E-state index is 6.68. The van der Waals surface area contributed by atoms with Crippen LogP contribution in [0.1, 0.15) is 24.4 Å². The van der Waals surface area contributed by atoms with E-state index >= 15 is 0 Å². The van der Waals surface area contributed by atoms with Crippen molar-refractivity contribution in [3.63, 3.8) is 0 Å². The molecule has 2 aromatic carbocycles. The summed E-state index contributed by atoms with van der Waals surface area (Å²) in [5.41, 5.74) is 9.70. The molecule has 0 bridgehead atoms. The van der Waals surface area contributed by atoms with E-state index in [9.17, 15) is 0 Å². The lowest BCUT2D eigenvalue weighted by atomic mass is 10.1. The van der Waals surface area contributed by atoms with Crippen LogP contribution in [0.15, 0.2) is 53.1 Å². The van der Waals surface area contributed by atoms with Crippen molar-refractivity contribution in [3.05, 3.63) is 65.0 Å². The number of nitrogens with two attached hydrogens (primary N) is 1. The second kappa shape index (κ2) is 6.02. The second-order valence-electron chi connectivity index (χ2n) is 6.03. The van der Waals surface area contributed by atoms with Gasteiger partial charge in [0.1, 0.15) is 5.69 Å². The lowest BCUT2D eigenvalue weighted by Crippen LogP contribution is -2.05. The van der Waals surface area contributed by atoms with E-state index in [0.29, 0.717) is 22.4 Å². The summed E-state index contributed by atoms with van der Waals surface area (Å²) in [6.07, 6.45) is 0. The van der Waals surface area contributed by atoms with E-state index < -0.39 is 0 Å². The molecule has 0 aliphatic carbocycles. The molecule has 0 aliphatic heterocycles. The summed E-state index contributed by atoms with van der Waals surface area (Å²) in [5.74, 6) is 0.963. The summed E-state index contributed by atoms with van der Waals surface area (Å²) in [5, 5.41) is 5.61. The van der Waals surface area contributed by atoms with Crippen LogP contribution in [-0.2, 0) is 0 Å². The number of nitrogens with zero attached hydrogens (tertiary/aromatic N) is 3. The summed E-state index contributed by atoms with van der Waals surface area (Å²) in [4.78, 5) is 4.37.